The summed E-state index contributed by atoms with van der Waals surface area (Å²) in [5.74, 6) is 3.07. The standard InChI is InChI=1S/C15H19N3O2/c1-5-14-17-12(9-15(16-2)18-14)11-7-6-10(19-3)8-13(11)20-4/h6-9H,5H2,1-4H3,(H,16,17,18). The maximum atomic E-state index is 5.43. The number of aromatic nitrogens is 2. The van der Waals surface area contributed by atoms with Crippen LogP contribution in [0.4, 0.5) is 5.82 Å². The van der Waals surface area contributed by atoms with Gasteiger partial charge in [0.05, 0.1) is 19.9 Å². The molecule has 0 amide bonds. The minimum Gasteiger partial charge on any atom is -0.497 e. The molecule has 0 atom stereocenters. The molecule has 0 aliphatic heterocycles. The fourth-order valence-electron chi connectivity index (χ4n) is 1.93. The van der Waals surface area contributed by atoms with E-state index < -0.39 is 0 Å². The third kappa shape index (κ3) is 2.82. The Balaban J connectivity index is 2.55. The first-order valence-electron chi connectivity index (χ1n) is 6.50. The van der Waals surface area contributed by atoms with Crippen LogP contribution in [0, 0.1) is 0 Å². The van der Waals surface area contributed by atoms with Crippen molar-refractivity contribution < 1.29 is 9.47 Å². The molecule has 1 heterocycles. The highest BCUT2D eigenvalue weighted by Gasteiger charge is 2.11. The van der Waals surface area contributed by atoms with Crippen LogP contribution in [0.3, 0.4) is 0 Å². The van der Waals surface area contributed by atoms with Crippen molar-refractivity contribution in [2.75, 3.05) is 26.6 Å². The predicted molar refractivity (Wildman–Crippen MR) is 79.5 cm³/mol. The quantitative estimate of drug-likeness (QED) is 0.907. The summed E-state index contributed by atoms with van der Waals surface area (Å²) in [4.78, 5) is 8.96. The summed E-state index contributed by atoms with van der Waals surface area (Å²) < 4.78 is 10.6. The Kier molecular flexibility index (Phi) is 4.40. The van der Waals surface area contributed by atoms with Gasteiger partial charge >= 0.3 is 0 Å². The topological polar surface area (TPSA) is 56.3 Å². The zero-order valence-corrected chi connectivity index (χ0v) is 12.2. The van der Waals surface area contributed by atoms with Crippen LogP contribution in [0.5, 0.6) is 11.5 Å². The molecule has 0 spiro atoms. The highest BCUT2D eigenvalue weighted by molar-refractivity contribution is 5.70. The minimum atomic E-state index is 0.729. The second-order valence-corrected chi connectivity index (χ2v) is 4.22. The van der Waals surface area contributed by atoms with E-state index in [0.29, 0.717) is 0 Å². The third-order valence-electron chi connectivity index (χ3n) is 3.03. The molecular weight excluding hydrogens is 254 g/mol. The molecule has 5 heteroatoms. The molecule has 106 valence electrons. The van der Waals surface area contributed by atoms with Gasteiger partial charge in [-0.05, 0) is 12.1 Å². The van der Waals surface area contributed by atoms with Crippen molar-refractivity contribution in [3.05, 3.63) is 30.1 Å². The summed E-state index contributed by atoms with van der Waals surface area (Å²) in [5, 5.41) is 3.06. The van der Waals surface area contributed by atoms with Crippen LogP contribution in [0.2, 0.25) is 0 Å². The lowest BCUT2D eigenvalue weighted by Crippen LogP contribution is -2.01. The van der Waals surface area contributed by atoms with Crippen molar-refractivity contribution in [1.29, 1.82) is 0 Å². The predicted octanol–water partition coefficient (Wildman–Crippen LogP) is 2.76. The molecule has 0 saturated heterocycles. The number of aryl methyl sites for hydroxylation is 1. The van der Waals surface area contributed by atoms with Gasteiger partial charge in [0.25, 0.3) is 0 Å². The third-order valence-corrected chi connectivity index (χ3v) is 3.03. The molecule has 2 rings (SSSR count). The molecule has 0 radical (unpaired) electrons. The zero-order valence-electron chi connectivity index (χ0n) is 12.2. The Labute approximate surface area is 119 Å². The van der Waals surface area contributed by atoms with Crippen LogP contribution >= 0.6 is 0 Å². The number of hydrogen-bond donors (Lipinski definition) is 1. The van der Waals surface area contributed by atoms with E-state index in [9.17, 15) is 0 Å². The molecule has 5 nitrogen and oxygen atoms in total. The van der Waals surface area contributed by atoms with E-state index >= 15 is 0 Å². The first-order valence-corrected chi connectivity index (χ1v) is 6.50. The van der Waals surface area contributed by atoms with Gasteiger partial charge in [0.1, 0.15) is 23.1 Å². The lowest BCUT2D eigenvalue weighted by atomic mass is 10.1. The largest absolute Gasteiger partial charge is 0.497 e. The molecule has 1 N–H and O–H groups in total. The number of rotatable bonds is 5. The fourth-order valence-corrected chi connectivity index (χ4v) is 1.93. The molecule has 1 aromatic carbocycles. The van der Waals surface area contributed by atoms with Gasteiger partial charge in [-0.1, -0.05) is 6.92 Å². The number of benzene rings is 1. The van der Waals surface area contributed by atoms with Crippen LogP contribution in [-0.2, 0) is 6.42 Å². The Hall–Kier alpha value is -2.30. The van der Waals surface area contributed by atoms with Gasteiger partial charge < -0.3 is 14.8 Å². The highest BCUT2D eigenvalue weighted by atomic mass is 16.5. The van der Waals surface area contributed by atoms with Crippen LogP contribution in [0.15, 0.2) is 24.3 Å². The van der Waals surface area contributed by atoms with Crippen molar-refractivity contribution >= 4 is 5.82 Å². The Morgan fingerprint density at radius 2 is 1.90 bits per heavy atom. The van der Waals surface area contributed by atoms with E-state index in [1.165, 1.54) is 0 Å². The zero-order chi connectivity index (χ0) is 14.5. The van der Waals surface area contributed by atoms with Crippen molar-refractivity contribution in [2.24, 2.45) is 0 Å². The number of methoxy groups -OCH3 is 2. The molecule has 0 saturated carbocycles. The van der Waals surface area contributed by atoms with Crippen LogP contribution < -0.4 is 14.8 Å². The maximum Gasteiger partial charge on any atom is 0.131 e. The second kappa shape index (κ2) is 6.23. The van der Waals surface area contributed by atoms with Gasteiger partial charge in [-0.2, -0.15) is 0 Å². The lowest BCUT2D eigenvalue weighted by Gasteiger charge is -2.12. The van der Waals surface area contributed by atoms with Crippen molar-refractivity contribution in [1.82, 2.24) is 9.97 Å². The summed E-state index contributed by atoms with van der Waals surface area (Å²) >= 11 is 0. The van der Waals surface area contributed by atoms with E-state index in [4.69, 9.17) is 9.47 Å². The average Bonchev–Trinajstić information content (AvgIpc) is 2.53. The minimum absolute atomic E-state index is 0.729. The van der Waals surface area contributed by atoms with Crippen LogP contribution in [0.1, 0.15) is 12.7 Å². The first-order chi connectivity index (χ1) is 9.71. The van der Waals surface area contributed by atoms with E-state index in [1.807, 2.05) is 38.2 Å². The molecule has 0 aliphatic carbocycles. The van der Waals surface area contributed by atoms with Gasteiger partial charge in [-0.15, -0.1) is 0 Å². The number of ether oxygens (including phenoxy) is 2. The summed E-state index contributed by atoms with van der Waals surface area (Å²) in [6.45, 7) is 2.03. The Morgan fingerprint density at radius 3 is 2.50 bits per heavy atom. The van der Waals surface area contributed by atoms with Crippen LogP contribution in [0.25, 0.3) is 11.3 Å². The fraction of sp³-hybridized carbons (Fsp3) is 0.333. The first kappa shape index (κ1) is 14.1. The molecular formula is C15H19N3O2. The molecule has 20 heavy (non-hydrogen) atoms. The van der Waals surface area contributed by atoms with Gasteiger partial charge in [-0.25, -0.2) is 9.97 Å². The van der Waals surface area contributed by atoms with Crippen molar-refractivity contribution in [3.63, 3.8) is 0 Å². The van der Waals surface area contributed by atoms with Gasteiger partial charge in [0.15, 0.2) is 0 Å². The number of nitrogens with zero attached hydrogens (tertiary/aromatic N) is 2. The normalized spacial score (nSPS) is 10.2. The molecule has 1 aromatic heterocycles. The van der Waals surface area contributed by atoms with Crippen molar-refractivity contribution in [2.45, 2.75) is 13.3 Å². The highest BCUT2D eigenvalue weighted by Crippen LogP contribution is 2.33. The van der Waals surface area contributed by atoms with E-state index in [0.717, 1.165) is 40.8 Å². The second-order valence-electron chi connectivity index (χ2n) is 4.22. The summed E-state index contributed by atoms with van der Waals surface area (Å²) in [5.41, 5.74) is 1.75. The number of anilines is 1. The average molecular weight is 273 g/mol. The monoisotopic (exact) mass is 273 g/mol. The summed E-state index contributed by atoms with van der Waals surface area (Å²) in [6.07, 6.45) is 0.779. The molecule has 0 bridgehead atoms. The molecule has 0 fully saturated rings. The van der Waals surface area contributed by atoms with Gasteiger partial charge in [0.2, 0.25) is 0 Å². The van der Waals surface area contributed by atoms with Gasteiger partial charge in [-0.3, -0.25) is 0 Å². The van der Waals surface area contributed by atoms with Crippen LogP contribution in [-0.4, -0.2) is 31.2 Å². The maximum absolute atomic E-state index is 5.43. The van der Waals surface area contributed by atoms with E-state index in [2.05, 4.69) is 15.3 Å². The number of nitrogens with one attached hydrogen (secondary N) is 1. The molecule has 2 aromatic rings. The number of hydrogen-bond acceptors (Lipinski definition) is 5. The molecule has 0 aliphatic rings. The summed E-state index contributed by atoms with van der Waals surface area (Å²) in [7, 11) is 5.11. The smallest absolute Gasteiger partial charge is 0.131 e. The van der Waals surface area contributed by atoms with E-state index in [1.54, 1.807) is 14.2 Å². The molecule has 0 unspecified atom stereocenters. The van der Waals surface area contributed by atoms with E-state index in [-0.39, 0.29) is 0 Å². The Morgan fingerprint density at radius 1 is 1.10 bits per heavy atom. The Bertz CT molecular complexity index is 577. The van der Waals surface area contributed by atoms with Crippen molar-refractivity contribution in [3.8, 4) is 22.8 Å². The van der Waals surface area contributed by atoms with Gasteiger partial charge in [0, 0.05) is 31.2 Å². The SMILES string of the molecule is CCc1nc(NC)cc(-c2ccc(OC)cc2OC)n1. The summed E-state index contributed by atoms with van der Waals surface area (Å²) in [6, 6.07) is 7.59. The lowest BCUT2D eigenvalue weighted by molar-refractivity contribution is 0.395.